The lowest BCUT2D eigenvalue weighted by Crippen LogP contribution is -2.73. The van der Waals surface area contributed by atoms with Crippen LogP contribution in [0.1, 0.15) is 77.6 Å². The minimum absolute atomic E-state index is 0.113. The van der Waals surface area contributed by atoms with Crippen molar-refractivity contribution in [2.75, 3.05) is 59.0 Å². The molecule has 3 heterocycles. The molecular weight excluding hydrogens is 476 g/mol. The summed E-state index contributed by atoms with van der Waals surface area (Å²) in [5.74, 6) is 1.40. The van der Waals surface area contributed by atoms with Gasteiger partial charge in [-0.3, -0.25) is 14.5 Å². The molecule has 4 fully saturated rings. The summed E-state index contributed by atoms with van der Waals surface area (Å²) in [6.45, 7) is 10.4. The zero-order valence-electron chi connectivity index (χ0n) is 23.7. The van der Waals surface area contributed by atoms with Gasteiger partial charge in [-0.05, 0) is 49.5 Å². The number of nitrogens with zero attached hydrogens (tertiary/aromatic N) is 3. The van der Waals surface area contributed by atoms with E-state index in [9.17, 15) is 9.59 Å². The fraction of sp³-hybridized carbons (Fsp3) is 0.806. The number of unbranched alkanes of at least 4 members (excludes halogenated alkanes) is 1. The average Bonchev–Trinajstić information content (AvgIpc) is 2.95. The van der Waals surface area contributed by atoms with Crippen molar-refractivity contribution in [1.29, 1.82) is 0 Å². The third-order valence-electron chi connectivity index (χ3n) is 9.79. The number of rotatable bonds is 9. The van der Waals surface area contributed by atoms with E-state index in [0.717, 1.165) is 91.0 Å². The summed E-state index contributed by atoms with van der Waals surface area (Å²) in [6.07, 6.45) is 18.8. The van der Waals surface area contributed by atoms with Gasteiger partial charge in [0.2, 0.25) is 11.8 Å². The highest BCUT2D eigenvalue weighted by molar-refractivity contribution is 6.00. The molecule has 2 aliphatic carbocycles. The highest BCUT2D eigenvalue weighted by atomic mass is 16.5. The molecular formula is C31H50N4O3. The number of hydrogen-bond donors (Lipinski definition) is 1. The number of likely N-dealkylation sites (tertiary alicyclic amines) is 1. The molecule has 2 amide bonds. The first kappa shape index (κ1) is 27.9. The Morgan fingerprint density at radius 2 is 1.79 bits per heavy atom. The van der Waals surface area contributed by atoms with Crippen molar-refractivity contribution in [2.45, 2.75) is 89.1 Å². The van der Waals surface area contributed by atoms with Gasteiger partial charge in [0.25, 0.3) is 0 Å². The van der Waals surface area contributed by atoms with Crippen molar-refractivity contribution in [2.24, 2.45) is 11.8 Å². The van der Waals surface area contributed by atoms with Gasteiger partial charge < -0.3 is 19.9 Å². The van der Waals surface area contributed by atoms with Gasteiger partial charge in [0, 0.05) is 45.8 Å². The van der Waals surface area contributed by atoms with Crippen LogP contribution in [0.2, 0.25) is 0 Å². The Bertz CT molecular complexity index is 866. The van der Waals surface area contributed by atoms with Crippen molar-refractivity contribution < 1.29 is 14.3 Å². The quantitative estimate of drug-likeness (QED) is 0.496. The van der Waals surface area contributed by atoms with Crippen LogP contribution in [0.5, 0.6) is 0 Å². The molecule has 38 heavy (non-hydrogen) atoms. The van der Waals surface area contributed by atoms with Crippen molar-refractivity contribution in [1.82, 2.24) is 20.0 Å². The van der Waals surface area contributed by atoms with E-state index in [1.807, 2.05) is 4.90 Å². The summed E-state index contributed by atoms with van der Waals surface area (Å²) in [4.78, 5) is 34.5. The second-order valence-corrected chi connectivity index (χ2v) is 12.5. The highest BCUT2D eigenvalue weighted by Gasteiger charge is 2.53. The first-order chi connectivity index (χ1) is 18.6. The number of amides is 2. The van der Waals surface area contributed by atoms with Crippen LogP contribution >= 0.6 is 0 Å². The van der Waals surface area contributed by atoms with Gasteiger partial charge in [-0.15, -0.1) is 0 Å². The summed E-state index contributed by atoms with van der Waals surface area (Å²) < 4.78 is 5.48. The molecule has 0 bridgehead atoms. The van der Waals surface area contributed by atoms with E-state index in [2.05, 4.69) is 40.3 Å². The predicted octanol–water partition coefficient (Wildman–Crippen LogP) is 3.75. The lowest BCUT2D eigenvalue weighted by molar-refractivity contribution is -0.162. The molecule has 1 N–H and O–H groups in total. The molecule has 1 spiro atoms. The Morgan fingerprint density at radius 3 is 2.47 bits per heavy atom. The van der Waals surface area contributed by atoms with E-state index in [1.165, 1.54) is 37.7 Å². The molecule has 1 saturated carbocycles. The summed E-state index contributed by atoms with van der Waals surface area (Å²) in [7, 11) is 0. The molecule has 212 valence electrons. The van der Waals surface area contributed by atoms with E-state index in [4.69, 9.17) is 4.74 Å². The summed E-state index contributed by atoms with van der Waals surface area (Å²) in [6, 6.07) is -0.322. The number of nitrogens with one attached hydrogen (secondary N) is 1. The molecule has 0 radical (unpaired) electrons. The van der Waals surface area contributed by atoms with Gasteiger partial charge in [-0.25, -0.2) is 0 Å². The fourth-order valence-corrected chi connectivity index (χ4v) is 7.35. The third-order valence-corrected chi connectivity index (χ3v) is 9.79. The van der Waals surface area contributed by atoms with Crippen LogP contribution < -0.4 is 5.32 Å². The van der Waals surface area contributed by atoms with Crippen molar-refractivity contribution in [3.05, 3.63) is 23.8 Å². The second kappa shape index (κ2) is 13.1. The first-order valence-electron chi connectivity index (χ1n) is 15.6. The maximum absolute atomic E-state index is 13.8. The number of allylic oxidation sites excluding steroid dienone is 1. The van der Waals surface area contributed by atoms with E-state index in [-0.39, 0.29) is 17.9 Å². The Labute approximate surface area is 230 Å². The summed E-state index contributed by atoms with van der Waals surface area (Å²) in [5.41, 5.74) is 0.770. The Morgan fingerprint density at radius 1 is 1.03 bits per heavy atom. The fourth-order valence-electron chi connectivity index (χ4n) is 7.35. The lowest BCUT2D eigenvalue weighted by Gasteiger charge is -2.52. The molecule has 3 saturated heterocycles. The third kappa shape index (κ3) is 6.53. The number of hydrogen-bond acceptors (Lipinski definition) is 5. The molecule has 0 aromatic rings. The zero-order chi connectivity index (χ0) is 26.4. The molecule has 7 heteroatoms. The zero-order valence-corrected chi connectivity index (χ0v) is 23.7. The molecule has 0 aromatic heterocycles. The van der Waals surface area contributed by atoms with Crippen LogP contribution in [0, 0.1) is 11.8 Å². The van der Waals surface area contributed by atoms with Crippen molar-refractivity contribution in [3.8, 4) is 0 Å². The van der Waals surface area contributed by atoms with Gasteiger partial charge in [0.05, 0.1) is 13.2 Å². The number of morpholine rings is 1. The topological polar surface area (TPSA) is 65.1 Å². The number of piperazine rings is 1. The van der Waals surface area contributed by atoms with Crippen LogP contribution in [0.15, 0.2) is 23.8 Å². The standard InChI is InChI=1S/C31H50N4O3/c1-2-3-15-35-29(36)28(22-25-7-5-4-6-8-25)32-30(37)31(35)13-16-33(17-14-31)23-26-9-11-27(12-10-26)24-34-18-20-38-21-19-34/h9,11-12,25-26,28H,2-8,10,13-24H2,1H3,(H,32,37)/t26?,28-/m0/s1. The van der Waals surface area contributed by atoms with Crippen molar-refractivity contribution >= 4 is 11.8 Å². The monoisotopic (exact) mass is 526 g/mol. The largest absolute Gasteiger partial charge is 0.379 e. The predicted molar refractivity (Wildman–Crippen MR) is 151 cm³/mol. The van der Waals surface area contributed by atoms with Crippen LogP contribution in [-0.4, -0.2) is 97.1 Å². The summed E-state index contributed by atoms with van der Waals surface area (Å²) in [5, 5.41) is 3.24. The van der Waals surface area contributed by atoms with Crippen LogP contribution in [0.4, 0.5) is 0 Å². The van der Waals surface area contributed by atoms with E-state index in [0.29, 0.717) is 18.4 Å². The van der Waals surface area contributed by atoms with Crippen LogP contribution in [0.25, 0.3) is 0 Å². The lowest BCUT2D eigenvalue weighted by atomic mass is 9.79. The second-order valence-electron chi connectivity index (χ2n) is 12.5. The Balaban J connectivity index is 1.15. The van der Waals surface area contributed by atoms with E-state index in [1.54, 1.807) is 0 Å². The molecule has 7 nitrogen and oxygen atoms in total. The molecule has 2 atom stereocenters. The van der Waals surface area contributed by atoms with Gasteiger partial charge in [-0.1, -0.05) is 63.7 Å². The van der Waals surface area contributed by atoms with E-state index >= 15 is 0 Å². The minimum Gasteiger partial charge on any atom is -0.379 e. The van der Waals surface area contributed by atoms with Gasteiger partial charge in [-0.2, -0.15) is 0 Å². The molecule has 3 aliphatic heterocycles. The number of carbonyl (C=O) groups excluding carboxylic acids is 2. The molecule has 0 aromatic carbocycles. The molecule has 5 rings (SSSR count). The van der Waals surface area contributed by atoms with E-state index < -0.39 is 5.54 Å². The van der Waals surface area contributed by atoms with Crippen LogP contribution in [0.3, 0.4) is 0 Å². The highest BCUT2D eigenvalue weighted by Crippen LogP contribution is 2.36. The van der Waals surface area contributed by atoms with Crippen LogP contribution in [-0.2, 0) is 14.3 Å². The van der Waals surface area contributed by atoms with Gasteiger partial charge in [0.1, 0.15) is 11.6 Å². The molecule has 1 unspecified atom stereocenters. The normalized spacial score (nSPS) is 29.5. The summed E-state index contributed by atoms with van der Waals surface area (Å²) >= 11 is 0. The number of carbonyl (C=O) groups is 2. The van der Waals surface area contributed by atoms with Gasteiger partial charge >= 0.3 is 0 Å². The number of piperidine rings is 1. The van der Waals surface area contributed by atoms with Crippen molar-refractivity contribution in [3.63, 3.8) is 0 Å². The average molecular weight is 527 g/mol. The maximum Gasteiger partial charge on any atom is 0.246 e. The Hall–Kier alpha value is -1.70. The molecule has 5 aliphatic rings. The van der Waals surface area contributed by atoms with Gasteiger partial charge in [0.15, 0.2) is 0 Å². The first-order valence-corrected chi connectivity index (χ1v) is 15.6. The number of ether oxygens (including phenoxy) is 1. The Kier molecular flexibility index (Phi) is 9.60. The minimum atomic E-state index is -0.653. The maximum atomic E-state index is 13.8. The SMILES string of the molecule is CCCCN1C(=O)[C@H](CC2CCCCC2)NC(=O)C12CCN(CC1C=CC(CN3CCOCC3)=CC1)CC2. The smallest absolute Gasteiger partial charge is 0.246 e.